The van der Waals surface area contributed by atoms with Crippen LogP contribution in [-0.4, -0.2) is 64.3 Å². The number of nitrogens with one attached hydrogen (secondary N) is 1. The summed E-state index contributed by atoms with van der Waals surface area (Å²) < 4.78 is 0. The zero-order valence-corrected chi connectivity index (χ0v) is 16.2. The molecule has 7 heteroatoms. The first-order valence-electron chi connectivity index (χ1n) is 9.61. The monoisotopic (exact) mass is 387 g/mol. The second-order valence-electron chi connectivity index (χ2n) is 7.72. The molecule has 4 rings (SSSR count). The van der Waals surface area contributed by atoms with Crippen molar-refractivity contribution in [2.24, 2.45) is 5.92 Å². The zero-order valence-electron chi connectivity index (χ0n) is 15.4. The topological polar surface area (TPSA) is 69.7 Å². The van der Waals surface area contributed by atoms with Crippen LogP contribution in [0, 0.1) is 5.92 Å². The number of likely N-dealkylation sites (tertiary alicyclic amines) is 1. The largest absolute Gasteiger partial charge is 0.341 e. The van der Waals surface area contributed by atoms with Crippen molar-refractivity contribution >= 4 is 29.6 Å². The SMILES string of the molecule is O=C(CN1C(=O)N[C@@]2(CCSC2)C1=O)N1CCC(Cc2ccccc2)CC1. The summed E-state index contributed by atoms with van der Waals surface area (Å²) >= 11 is 1.67. The predicted octanol–water partition coefficient (Wildman–Crippen LogP) is 1.90. The van der Waals surface area contributed by atoms with E-state index < -0.39 is 11.6 Å². The number of hydrogen-bond donors (Lipinski definition) is 1. The van der Waals surface area contributed by atoms with Crippen LogP contribution in [0.4, 0.5) is 4.79 Å². The van der Waals surface area contributed by atoms with Crippen molar-refractivity contribution in [2.75, 3.05) is 31.1 Å². The average molecular weight is 388 g/mol. The highest BCUT2D eigenvalue weighted by Gasteiger charge is 2.53. The number of nitrogens with zero attached hydrogens (tertiary/aromatic N) is 2. The van der Waals surface area contributed by atoms with Crippen LogP contribution in [0.3, 0.4) is 0 Å². The minimum absolute atomic E-state index is 0.126. The van der Waals surface area contributed by atoms with E-state index in [1.807, 2.05) is 6.07 Å². The van der Waals surface area contributed by atoms with Crippen molar-refractivity contribution in [3.8, 4) is 0 Å². The number of amides is 4. The molecule has 144 valence electrons. The smallest absolute Gasteiger partial charge is 0.325 e. The molecular formula is C20H25N3O3S. The molecule has 0 aromatic heterocycles. The molecule has 0 radical (unpaired) electrons. The molecule has 3 fully saturated rings. The number of imide groups is 1. The number of urea groups is 1. The Bertz CT molecular complexity index is 725. The number of carbonyl (C=O) groups excluding carboxylic acids is 3. The summed E-state index contributed by atoms with van der Waals surface area (Å²) in [6.45, 7) is 1.25. The number of hydrogen-bond acceptors (Lipinski definition) is 4. The van der Waals surface area contributed by atoms with Crippen LogP contribution in [0.1, 0.15) is 24.8 Å². The molecule has 1 spiro atoms. The molecule has 4 amide bonds. The number of carbonyl (C=O) groups is 3. The maximum absolute atomic E-state index is 12.7. The van der Waals surface area contributed by atoms with Crippen molar-refractivity contribution in [1.29, 1.82) is 0 Å². The van der Waals surface area contributed by atoms with Gasteiger partial charge in [0.25, 0.3) is 5.91 Å². The fourth-order valence-electron chi connectivity index (χ4n) is 4.22. The maximum atomic E-state index is 12.7. The number of piperidine rings is 1. The van der Waals surface area contributed by atoms with Crippen LogP contribution in [-0.2, 0) is 16.0 Å². The van der Waals surface area contributed by atoms with E-state index in [9.17, 15) is 14.4 Å². The first kappa shape index (κ1) is 18.3. The summed E-state index contributed by atoms with van der Waals surface area (Å²) in [4.78, 5) is 40.5. The number of rotatable bonds is 4. The molecule has 3 heterocycles. The second kappa shape index (κ2) is 7.54. The predicted molar refractivity (Wildman–Crippen MR) is 104 cm³/mol. The Labute approximate surface area is 163 Å². The molecule has 1 aromatic carbocycles. The summed E-state index contributed by atoms with van der Waals surface area (Å²) in [5, 5.41) is 2.82. The lowest BCUT2D eigenvalue weighted by molar-refractivity contribution is -0.139. The molecule has 0 unspecified atom stereocenters. The highest BCUT2D eigenvalue weighted by Crippen LogP contribution is 2.33. The van der Waals surface area contributed by atoms with Gasteiger partial charge in [-0.3, -0.25) is 14.5 Å². The summed E-state index contributed by atoms with van der Waals surface area (Å²) in [6.07, 6.45) is 3.61. The first-order chi connectivity index (χ1) is 13.1. The highest BCUT2D eigenvalue weighted by molar-refractivity contribution is 7.99. The van der Waals surface area contributed by atoms with Crippen molar-refractivity contribution < 1.29 is 14.4 Å². The maximum Gasteiger partial charge on any atom is 0.325 e. The molecule has 0 bridgehead atoms. The lowest BCUT2D eigenvalue weighted by atomic mass is 9.90. The standard InChI is InChI=1S/C20H25N3O3S/c24-17(13-23-18(25)20(21-19(23)26)8-11-27-14-20)22-9-6-16(7-10-22)12-15-4-2-1-3-5-15/h1-5,16H,6-14H2,(H,21,26)/t20-/m1/s1. The molecule has 3 saturated heterocycles. The Morgan fingerprint density at radius 1 is 1.19 bits per heavy atom. The Morgan fingerprint density at radius 2 is 1.93 bits per heavy atom. The van der Waals surface area contributed by atoms with Gasteiger partial charge in [-0.1, -0.05) is 30.3 Å². The van der Waals surface area contributed by atoms with E-state index in [0.717, 1.165) is 29.9 Å². The third-order valence-electron chi connectivity index (χ3n) is 5.90. The van der Waals surface area contributed by atoms with Crippen LogP contribution >= 0.6 is 11.8 Å². The molecule has 1 aromatic rings. The highest BCUT2D eigenvalue weighted by atomic mass is 32.2. The zero-order chi connectivity index (χ0) is 18.9. The third-order valence-corrected chi connectivity index (χ3v) is 7.09. The molecule has 27 heavy (non-hydrogen) atoms. The van der Waals surface area contributed by atoms with E-state index in [1.165, 1.54) is 5.56 Å². The molecule has 1 atom stereocenters. The van der Waals surface area contributed by atoms with Crippen molar-refractivity contribution in [3.05, 3.63) is 35.9 Å². The van der Waals surface area contributed by atoms with Gasteiger partial charge >= 0.3 is 6.03 Å². The molecule has 3 aliphatic heterocycles. The van der Waals surface area contributed by atoms with Crippen LogP contribution in [0.15, 0.2) is 30.3 Å². The molecule has 1 N–H and O–H groups in total. The lowest BCUT2D eigenvalue weighted by Crippen LogP contribution is -2.48. The van der Waals surface area contributed by atoms with E-state index in [4.69, 9.17) is 0 Å². The van der Waals surface area contributed by atoms with Gasteiger partial charge in [0.1, 0.15) is 12.1 Å². The first-order valence-corrected chi connectivity index (χ1v) is 10.8. The van der Waals surface area contributed by atoms with E-state index in [-0.39, 0.29) is 18.4 Å². The third kappa shape index (κ3) is 3.70. The molecule has 0 aliphatic carbocycles. The van der Waals surface area contributed by atoms with Gasteiger partial charge in [-0.25, -0.2) is 4.79 Å². The minimum atomic E-state index is -0.773. The van der Waals surface area contributed by atoms with E-state index in [1.54, 1.807) is 16.7 Å². The van der Waals surface area contributed by atoms with E-state index in [0.29, 0.717) is 31.2 Å². The molecule has 0 saturated carbocycles. The Morgan fingerprint density at radius 3 is 2.59 bits per heavy atom. The lowest BCUT2D eigenvalue weighted by Gasteiger charge is -2.33. The van der Waals surface area contributed by atoms with E-state index >= 15 is 0 Å². The number of benzene rings is 1. The summed E-state index contributed by atoms with van der Waals surface area (Å²) in [6, 6.07) is 10.0. The van der Waals surface area contributed by atoms with Gasteiger partial charge in [0, 0.05) is 18.8 Å². The molecule has 3 aliphatic rings. The van der Waals surface area contributed by atoms with Gasteiger partial charge in [0.2, 0.25) is 5.91 Å². The van der Waals surface area contributed by atoms with Crippen molar-refractivity contribution in [2.45, 2.75) is 31.2 Å². The van der Waals surface area contributed by atoms with Crippen molar-refractivity contribution in [3.63, 3.8) is 0 Å². The van der Waals surface area contributed by atoms with Gasteiger partial charge < -0.3 is 10.2 Å². The van der Waals surface area contributed by atoms with Crippen molar-refractivity contribution in [1.82, 2.24) is 15.1 Å². The fourth-order valence-corrected chi connectivity index (χ4v) is 5.55. The minimum Gasteiger partial charge on any atom is -0.341 e. The summed E-state index contributed by atoms with van der Waals surface area (Å²) in [7, 11) is 0. The van der Waals surface area contributed by atoms with E-state index in [2.05, 4.69) is 29.6 Å². The van der Waals surface area contributed by atoms with Gasteiger partial charge in [-0.05, 0) is 42.9 Å². The van der Waals surface area contributed by atoms with Crippen LogP contribution in [0.5, 0.6) is 0 Å². The van der Waals surface area contributed by atoms with Crippen LogP contribution < -0.4 is 5.32 Å². The Hall–Kier alpha value is -2.02. The summed E-state index contributed by atoms with van der Waals surface area (Å²) in [5.74, 6) is 1.69. The molecular weight excluding hydrogens is 362 g/mol. The number of thioether (sulfide) groups is 1. The van der Waals surface area contributed by atoms with Gasteiger partial charge in [-0.15, -0.1) is 0 Å². The van der Waals surface area contributed by atoms with Gasteiger partial charge in [-0.2, -0.15) is 11.8 Å². The van der Waals surface area contributed by atoms with Gasteiger partial charge in [0.15, 0.2) is 0 Å². The quantitative estimate of drug-likeness (QED) is 0.801. The normalized spacial score (nSPS) is 26.1. The fraction of sp³-hybridized carbons (Fsp3) is 0.550. The van der Waals surface area contributed by atoms with Gasteiger partial charge in [0.05, 0.1) is 0 Å². The van der Waals surface area contributed by atoms with Crippen LogP contribution in [0.25, 0.3) is 0 Å². The van der Waals surface area contributed by atoms with Crippen LogP contribution in [0.2, 0.25) is 0 Å². The Kier molecular flexibility index (Phi) is 5.12. The Balaban J connectivity index is 1.30. The summed E-state index contributed by atoms with van der Waals surface area (Å²) in [5.41, 5.74) is 0.561. The second-order valence-corrected chi connectivity index (χ2v) is 8.83. The molecule has 6 nitrogen and oxygen atoms in total. The average Bonchev–Trinajstić information content (AvgIpc) is 3.24.